The highest BCUT2D eigenvalue weighted by molar-refractivity contribution is 5.81. The molecule has 0 aromatic carbocycles. The number of amides is 1. The zero-order valence-electron chi connectivity index (χ0n) is 8.29. The van der Waals surface area contributed by atoms with Gasteiger partial charge in [-0.2, -0.15) is 0 Å². The average molecular weight is 173 g/mol. The van der Waals surface area contributed by atoms with Gasteiger partial charge in [-0.3, -0.25) is 9.69 Å². The number of nitrogens with zero attached hydrogens (tertiary/aromatic N) is 1. The van der Waals surface area contributed by atoms with E-state index in [1.54, 1.807) is 6.92 Å². The van der Waals surface area contributed by atoms with Gasteiger partial charge in [0, 0.05) is 0 Å². The first-order chi connectivity index (χ1) is 5.49. The van der Waals surface area contributed by atoms with Gasteiger partial charge >= 0.3 is 0 Å². The Kier molecular flexibility index (Phi) is 4.85. The Balaban J connectivity index is 3.92. The van der Waals surface area contributed by atoms with Crippen LogP contribution in [-0.2, 0) is 4.79 Å². The largest absolute Gasteiger partial charge is 0.340 e. The Morgan fingerprint density at radius 1 is 1.58 bits per heavy atom. The third kappa shape index (κ3) is 3.69. The Morgan fingerprint density at radius 3 is 2.42 bits per heavy atom. The van der Waals surface area contributed by atoms with Gasteiger partial charge in [0.25, 0.3) is 0 Å². The first kappa shape index (κ1) is 11.4. The maximum Gasteiger partial charge on any atom is 0.238 e. The van der Waals surface area contributed by atoms with Crippen LogP contribution < -0.4 is 11.1 Å². The molecule has 0 spiro atoms. The summed E-state index contributed by atoms with van der Waals surface area (Å²) in [5, 5.41) is 2.65. The van der Waals surface area contributed by atoms with Gasteiger partial charge in [-0.1, -0.05) is 6.92 Å². The Morgan fingerprint density at radius 2 is 2.08 bits per heavy atom. The fourth-order valence-corrected chi connectivity index (χ4v) is 0.819. The molecular weight excluding hydrogens is 154 g/mol. The van der Waals surface area contributed by atoms with Gasteiger partial charge in [0.2, 0.25) is 5.91 Å². The molecule has 0 aromatic rings. The molecule has 4 heteroatoms. The van der Waals surface area contributed by atoms with Crippen LogP contribution in [0.4, 0.5) is 0 Å². The minimum atomic E-state index is -0.273. The third-order valence-electron chi connectivity index (χ3n) is 1.91. The first-order valence-electron chi connectivity index (χ1n) is 4.25. The minimum absolute atomic E-state index is 0.0191. The van der Waals surface area contributed by atoms with Crippen LogP contribution in [-0.4, -0.2) is 36.6 Å². The van der Waals surface area contributed by atoms with E-state index in [-0.39, 0.29) is 18.1 Å². The molecule has 0 aliphatic carbocycles. The quantitative estimate of drug-likeness (QED) is 0.576. The number of carbonyl (C=O) groups is 1. The van der Waals surface area contributed by atoms with Crippen LogP contribution in [0.1, 0.15) is 20.8 Å². The van der Waals surface area contributed by atoms with Crippen molar-refractivity contribution in [2.45, 2.75) is 33.0 Å². The normalized spacial score (nSPS) is 15.8. The standard InChI is InChI=1S/C8H19N3O/c1-5-11(4)6(2)8(12)10-7(3)9/h6-7H,5,9H2,1-4H3,(H,10,12)/t6-,7?/m0/s1. The number of nitrogens with one attached hydrogen (secondary N) is 1. The minimum Gasteiger partial charge on any atom is -0.340 e. The van der Waals surface area contributed by atoms with Gasteiger partial charge in [-0.15, -0.1) is 0 Å². The second-order valence-corrected chi connectivity index (χ2v) is 3.05. The predicted molar refractivity (Wildman–Crippen MR) is 49.6 cm³/mol. The summed E-state index contributed by atoms with van der Waals surface area (Å²) in [6, 6.07) is -0.110. The van der Waals surface area contributed by atoms with Crippen LogP contribution in [0.3, 0.4) is 0 Å². The van der Waals surface area contributed by atoms with Gasteiger partial charge in [0.05, 0.1) is 12.2 Å². The zero-order chi connectivity index (χ0) is 9.72. The van der Waals surface area contributed by atoms with Crippen molar-refractivity contribution in [3.8, 4) is 0 Å². The van der Waals surface area contributed by atoms with E-state index in [1.165, 1.54) is 0 Å². The van der Waals surface area contributed by atoms with E-state index in [1.807, 2.05) is 25.8 Å². The summed E-state index contributed by atoms with van der Waals surface area (Å²) in [5.74, 6) is -0.0191. The molecule has 0 aliphatic heterocycles. The van der Waals surface area contributed by atoms with Crippen LogP contribution in [0.15, 0.2) is 0 Å². The fourth-order valence-electron chi connectivity index (χ4n) is 0.819. The van der Waals surface area contributed by atoms with Gasteiger partial charge in [-0.05, 0) is 27.4 Å². The number of hydrogen-bond acceptors (Lipinski definition) is 3. The van der Waals surface area contributed by atoms with Crippen molar-refractivity contribution in [1.82, 2.24) is 10.2 Å². The smallest absolute Gasteiger partial charge is 0.238 e. The molecule has 1 amide bonds. The lowest BCUT2D eigenvalue weighted by atomic mass is 10.3. The third-order valence-corrected chi connectivity index (χ3v) is 1.91. The number of hydrogen-bond donors (Lipinski definition) is 2. The molecule has 0 aliphatic rings. The molecule has 2 atom stereocenters. The number of likely N-dealkylation sites (N-methyl/N-ethyl adjacent to an activating group) is 1. The zero-order valence-corrected chi connectivity index (χ0v) is 8.29. The molecule has 0 radical (unpaired) electrons. The van der Waals surface area contributed by atoms with Gasteiger partial charge in [0.1, 0.15) is 0 Å². The highest BCUT2D eigenvalue weighted by Gasteiger charge is 2.16. The van der Waals surface area contributed by atoms with E-state index in [0.29, 0.717) is 0 Å². The van der Waals surface area contributed by atoms with E-state index in [2.05, 4.69) is 5.32 Å². The van der Waals surface area contributed by atoms with E-state index >= 15 is 0 Å². The van der Waals surface area contributed by atoms with Crippen molar-refractivity contribution in [3.63, 3.8) is 0 Å². The van der Waals surface area contributed by atoms with Gasteiger partial charge < -0.3 is 11.1 Å². The Labute approximate surface area is 74.1 Å². The molecule has 0 aromatic heterocycles. The Hall–Kier alpha value is -0.610. The summed E-state index contributed by atoms with van der Waals surface area (Å²) < 4.78 is 0. The van der Waals surface area contributed by atoms with Crippen molar-refractivity contribution in [2.24, 2.45) is 5.73 Å². The molecule has 12 heavy (non-hydrogen) atoms. The fraction of sp³-hybridized carbons (Fsp3) is 0.875. The predicted octanol–water partition coefficient (Wildman–Crippen LogP) is -0.252. The molecular formula is C8H19N3O. The van der Waals surface area contributed by atoms with E-state index < -0.39 is 0 Å². The van der Waals surface area contributed by atoms with Crippen LogP contribution in [0.5, 0.6) is 0 Å². The highest BCUT2D eigenvalue weighted by Crippen LogP contribution is 1.94. The lowest BCUT2D eigenvalue weighted by molar-refractivity contribution is -0.125. The Bertz CT molecular complexity index is 147. The monoisotopic (exact) mass is 173 g/mol. The van der Waals surface area contributed by atoms with Crippen molar-refractivity contribution >= 4 is 5.91 Å². The van der Waals surface area contributed by atoms with Crippen molar-refractivity contribution < 1.29 is 4.79 Å². The maximum atomic E-state index is 11.3. The number of rotatable bonds is 4. The first-order valence-corrected chi connectivity index (χ1v) is 4.25. The summed E-state index contributed by atoms with van der Waals surface area (Å²) in [6.45, 7) is 6.47. The molecule has 0 heterocycles. The van der Waals surface area contributed by atoms with Crippen molar-refractivity contribution in [3.05, 3.63) is 0 Å². The topological polar surface area (TPSA) is 58.4 Å². The molecule has 0 saturated heterocycles. The van der Waals surface area contributed by atoms with Gasteiger partial charge in [0.15, 0.2) is 0 Å². The summed E-state index contributed by atoms with van der Waals surface area (Å²) in [7, 11) is 1.91. The second kappa shape index (κ2) is 5.11. The van der Waals surface area contributed by atoms with E-state index in [9.17, 15) is 4.79 Å². The number of nitrogens with two attached hydrogens (primary N) is 1. The van der Waals surface area contributed by atoms with Crippen molar-refractivity contribution in [1.29, 1.82) is 0 Å². The summed E-state index contributed by atoms with van der Waals surface area (Å²) >= 11 is 0. The van der Waals surface area contributed by atoms with Crippen molar-refractivity contribution in [2.75, 3.05) is 13.6 Å². The van der Waals surface area contributed by atoms with Gasteiger partial charge in [-0.25, -0.2) is 0 Å². The average Bonchev–Trinajstić information content (AvgIpc) is 2.00. The lowest BCUT2D eigenvalue weighted by Crippen LogP contribution is -2.48. The molecule has 1 unspecified atom stereocenters. The van der Waals surface area contributed by atoms with E-state index in [4.69, 9.17) is 5.73 Å². The van der Waals surface area contributed by atoms with Crippen LogP contribution in [0.2, 0.25) is 0 Å². The highest BCUT2D eigenvalue weighted by atomic mass is 16.2. The molecule has 0 rings (SSSR count). The molecule has 0 fully saturated rings. The van der Waals surface area contributed by atoms with Crippen LogP contribution in [0.25, 0.3) is 0 Å². The molecule has 4 nitrogen and oxygen atoms in total. The molecule has 0 bridgehead atoms. The maximum absolute atomic E-state index is 11.3. The molecule has 3 N–H and O–H groups in total. The SMILES string of the molecule is CCN(C)[C@@H](C)C(=O)NC(C)N. The summed E-state index contributed by atoms with van der Waals surface area (Å²) in [4.78, 5) is 13.3. The lowest BCUT2D eigenvalue weighted by Gasteiger charge is -2.22. The second-order valence-electron chi connectivity index (χ2n) is 3.05. The number of carbonyl (C=O) groups excluding carboxylic acids is 1. The van der Waals surface area contributed by atoms with Crippen LogP contribution in [0, 0.1) is 0 Å². The molecule has 0 saturated carbocycles. The summed E-state index contributed by atoms with van der Waals surface area (Å²) in [6.07, 6.45) is -0.273. The van der Waals surface area contributed by atoms with E-state index in [0.717, 1.165) is 6.54 Å². The summed E-state index contributed by atoms with van der Waals surface area (Å²) in [5.41, 5.74) is 5.42. The van der Waals surface area contributed by atoms with Crippen LogP contribution >= 0.6 is 0 Å². The molecule has 72 valence electrons.